The second kappa shape index (κ2) is 6.79. The number of nitrogens with one attached hydrogen (secondary N) is 1. The first-order valence-electron chi connectivity index (χ1n) is 6.57. The number of nitrogens with zero attached hydrogens (tertiary/aromatic N) is 1. The van der Waals surface area contributed by atoms with Crippen molar-refractivity contribution in [2.24, 2.45) is 5.10 Å². The number of rotatable bonds is 3. The van der Waals surface area contributed by atoms with Crippen molar-refractivity contribution in [3.8, 4) is 11.5 Å². The fraction of sp³-hybridized carbons (Fsp3) is 0.429. The minimum atomic E-state index is -0.568. The third-order valence-electron chi connectivity index (χ3n) is 2.76. The molecule has 0 aliphatic carbocycles. The summed E-state index contributed by atoms with van der Waals surface area (Å²) in [4.78, 5) is 11.2. The summed E-state index contributed by atoms with van der Waals surface area (Å²) in [6.07, 6.45) is 0.294. The van der Waals surface area contributed by atoms with Crippen LogP contribution in [0, 0.1) is 0 Å². The summed E-state index contributed by atoms with van der Waals surface area (Å²) in [5.41, 5.74) is 3.84. The lowest BCUT2D eigenvalue weighted by atomic mass is 10.1. The molecule has 0 radical (unpaired) electrons. The number of hydrogen-bond acceptors (Lipinski definition) is 5. The smallest absolute Gasteiger partial charge is 0.427 e. The van der Waals surface area contributed by atoms with Crippen LogP contribution in [-0.4, -0.2) is 31.6 Å². The standard InChI is InChI=1S/C14H18N2O4/c1-3-18-14(17)16-15-10(2)11-5-6-12-13(9-11)20-8-4-7-19-12/h5-6,9H,3-4,7-8H2,1-2H3,(H,16,17)/b15-10-. The van der Waals surface area contributed by atoms with Crippen molar-refractivity contribution in [2.45, 2.75) is 20.3 Å². The minimum Gasteiger partial charge on any atom is -0.490 e. The van der Waals surface area contributed by atoms with Crippen molar-refractivity contribution in [1.82, 2.24) is 5.43 Å². The van der Waals surface area contributed by atoms with E-state index in [0.717, 1.165) is 17.7 Å². The summed E-state index contributed by atoms with van der Waals surface area (Å²) in [5.74, 6) is 1.43. The zero-order valence-electron chi connectivity index (χ0n) is 11.6. The van der Waals surface area contributed by atoms with Crippen LogP contribution in [0.1, 0.15) is 25.8 Å². The summed E-state index contributed by atoms with van der Waals surface area (Å²) in [5, 5.41) is 3.98. The molecule has 1 aromatic carbocycles. The number of ether oxygens (including phenoxy) is 3. The van der Waals surface area contributed by atoms with Crippen LogP contribution >= 0.6 is 0 Å². The highest BCUT2D eigenvalue weighted by Crippen LogP contribution is 2.30. The molecule has 0 saturated heterocycles. The van der Waals surface area contributed by atoms with Crippen LogP contribution < -0.4 is 14.9 Å². The van der Waals surface area contributed by atoms with Gasteiger partial charge in [-0.15, -0.1) is 0 Å². The average molecular weight is 278 g/mol. The minimum absolute atomic E-state index is 0.310. The number of hydrogen-bond donors (Lipinski definition) is 1. The number of benzene rings is 1. The van der Waals surface area contributed by atoms with Gasteiger partial charge in [-0.1, -0.05) is 0 Å². The van der Waals surface area contributed by atoms with Crippen molar-refractivity contribution in [1.29, 1.82) is 0 Å². The van der Waals surface area contributed by atoms with Gasteiger partial charge in [0.2, 0.25) is 0 Å². The molecule has 2 rings (SSSR count). The SMILES string of the molecule is CCOC(=O)N/N=C(/C)c1ccc2c(c1)OCCCO2. The topological polar surface area (TPSA) is 69.2 Å². The van der Waals surface area contributed by atoms with Gasteiger partial charge in [0.05, 0.1) is 25.5 Å². The normalized spacial score (nSPS) is 14.4. The molecule has 0 bridgehead atoms. The number of carbonyl (C=O) groups is 1. The highest BCUT2D eigenvalue weighted by Gasteiger charge is 2.11. The summed E-state index contributed by atoms with van der Waals surface area (Å²) in [6, 6.07) is 5.57. The van der Waals surface area contributed by atoms with E-state index in [9.17, 15) is 4.79 Å². The van der Waals surface area contributed by atoms with Gasteiger partial charge in [-0.2, -0.15) is 5.10 Å². The van der Waals surface area contributed by atoms with Crippen LogP contribution in [0.5, 0.6) is 11.5 Å². The Kier molecular flexibility index (Phi) is 4.81. The van der Waals surface area contributed by atoms with Crippen molar-refractivity contribution < 1.29 is 19.0 Å². The molecule has 108 valence electrons. The van der Waals surface area contributed by atoms with E-state index < -0.39 is 6.09 Å². The van der Waals surface area contributed by atoms with Crippen LogP contribution in [0.2, 0.25) is 0 Å². The third kappa shape index (κ3) is 3.63. The zero-order valence-corrected chi connectivity index (χ0v) is 11.6. The van der Waals surface area contributed by atoms with Gasteiger partial charge in [-0.05, 0) is 32.0 Å². The number of amides is 1. The molecule has 0 saturated carbocycles. The predicted molar refractivity (Wildman–Crippen MR) is 74.4 cm³/mol. The molecular formula is C14H18N2O4. The second-order valence-corrected chi connectivity index (χ2v) is 4.24. The summed E-state index contributed by atoms with van der Waals surface area (Å²) >= 11 is 0. The van der Waals surface area contributed by atoms with E-state index >= 15 is 0 Å². The van der Waals surface area contributed by atoms with Gasteiger partial charge in [0.15, 0.2) is 11.5 Å². The van der Waals surface area contributed by atoms with Crippen molar-refractivity contribution in [2.75, 3.05) is 19.8 Å². The average Bonchev–Trinajstić information content (AvgIpc) is 2.69. The van der Waals surface area contributed by atoms with Crippen LogP contribution in [0.3, 0.4) is 0 Å². The first kappa shape index (κ1) is 14.2. The van der Waals surface area contributed by atoms with Gasteiger partial charge < -0.3 is 14.2 Å². The molecule has 1 N–H and O–H groups in total. The van der Waals surface area contributed by atoms with Gasteiger partial charge in [0, 0.05) is 12.0 Å². The maximum Gasteiger partial charge on any atom is 0.427 e. The molecule has 0 spiro atoms. The van der Waals surface area contributed by atoms with Crippen molar-refractivity contribution in [3.63, 3.8) is 0 Å². The van der Waals surface area contributed by atoms with Crippen LogP contribution in [-0.2, 0) is 4.74 Å². The predicted octanol–water partition coefficient (Wildman–Crippen LogP) is 2.32. The molecule has 1 heterocycles. The van der Waals surface area contributed by atoms with Crippen molar-refractivity contribution in [3.05, 3.63) is 23.8 Å². The molecule has 1 aliphatic rings. The van der Waals surface area contributed by atoms with Gasteiger partial charge >= 0.3 is 6.09 Å². The lowest BCUT2D eigenvalue weighted by Crippen LogP contribution is -2.20. The van der Waals surface area contributed by atoms with Gasteiger partial charge in [-0.3, -0.25) is 0 Å². The summed E-state index contributed by atoms with van der Waals surface area (Å²) < 4.78 is 15.9. The molecule has 6 nitrogen and oxygen atoms in total. The van der Waals surface area contributed by atoms with E-state index in [1.54, 1.807) is 13.8 Å². The maximum atomic E-state index is 11.2. The van der Waals surface area contributed by atoms with Crippen molar-refractivity contribution >= 4 is 11.8 Å². The number of hydrazone groups is 1. The first-order chi connectivity index (χ1) is 9.70. The Morgan fingerprint density at radius 2 is 2.10 bits per heavy atom. The Balaban J connectivity index is 2.10. The molecule has 1 aromatic rings. The largest absolute Gasteiger partial charge is 0.490 e. The molecule has 0 unspecified atom stereocenters. The van der Waals surface area contributed by atoms with E-state index in [4.69, 9.17) is 14.2 Å². The highest BCUT2D eigenvalue weighted by molar-refractivity contribution is 5.99. The lowest BCUT2D eigenvalue weighted by Gasteiger charge is -2.09. The lowest BCUT2D eigenvalue weighted by molar-refractivity contribution is 0.152. The maximum absolute atomic E-state index is 11.2. The van der Waals surface area contributed by atoms with E-state index in [0.29, 0.717) is 31.3 Å². The van der Waals surface area contributed by atoms with Gasteiger partial charge in [0.25, 0.3) is 0 Å². The molecule has 1 aliphatic heterocycles. The van der Waals surface area contributed by atoms with E-state index in [2.05, 4.69) is 10.5 Å². The number of fused-ring (bicyclic) bond motifs is 1. The van der Waals surface area contributed by atoms with E-state index in [1.807, 2.05) is 18.2 Å². The quantitative estimate of drug-likeness (QED) is 0.680. The van der Waals surface area contributed by atoms with E-state index in [1.165, 1.54) is 0 Å². The highest BCUT2D eigenvalue weighted by atomic mass is 16.6. The third-order valence-corrected chi connectivity index (χ3v) is 2.76. The second-order valence-electron chi connectivity index (χ2n) is 4.24. The summed E-state index contributed by atoms with van der Waals surface area (Å²) in [7, 11) is 0. The zero-order chi connectivity index (χ0) is 14.4. The monoisotopic (exact) mass is 278 g/mol. The molecule has 6 heteroatoms. The Bertz CT molecular complexity index is 514. The van der Waals surface area contributed by atoms with E-state index in [-0.39, 0.29) is 0 Å². The van der Waals surface area contributed by atoms with Crippen LogP contribution in [0.15, 0.2) is 23.3 Å². The number of carbonyl (C=O) groups excluding carboxylic acids is 1. The Hall–Kier alpha value is -2.24. The first-order valence-corrected chi connectivity index (χ1v) is 6.57. The fourth-order valence-electron chi connectivity index (χ4n) is 1.75. The van der Waals surface area contributed by atoms with Gasteiger partial charge in [0.1, 0.15) is 0 Å². The summed E-state index contributed by atoms with van der Waals surface area (Å²) in [6.45, 7) is 5.13. The van der Waals surface area contributed by atoms with Gasteiger partial charge in [-0.25, -0.2) is 10.2 Å². The molecule has 20 heavy (non-hydrogen) atoms. The molecular weight excluding hydrogens is 260 g/mol. The Morgan fingerprint density at radius 3 is 2.85 bits per heavy atom. The molecule has 0 aromatic heterocycles. The molecule has 0 atom stereocenters. The molecule has 1 amide bonds. The Morgan fingerprint density at radius 1 is 1.35 bits per heavy atom. The van der Waals surface area contributed by atoms with Crippen LogP contribution in [0.25, 0.3) is 0 Å². The Labute approximate surface area is 117 Å². The van der Waals surface area contributed by atoms with Crippen LogP contribution in [0.4, 0.5) is 4.79 Å². The fourth-order valence-corrected chi connectivity index (χ4v) is 1.75. The molecule has 0 fully saturated rings.